The molecule has 0 aliphatic carbocycles. The molecule has 1 N–H and O–H groups in total. The average Bonchev–Trinajstić information content (AvgIpc) is 2.97. The van der Waals surface area contributed by atoms with E-state index in [4.69, 9.17) is 4.74 Å². The predicted molar refractivity (Wildman–Crippen MR) is 111 cm³/mol. The standard InChI is InChI=1S/C22H20N4O2/c1-15-18(17-9-3-4-10-19(17)26(15)2)13-24-25-21(27)14-28-20-11-5-7-16-8-6-12-23-22(16)20/h3-13H,14H2,1-2H3,(H,25,27)/b24-13+. The topological polar surface area (TPSA) is 68.5 Å². The lowest BCUT2D eigenvalue weighted by atomic mass is 10.1. The number of hydrazone groups is 1. The quantitative estimate of drug-likeness (QED) is 0.430. The van der Waals surface area contributed by atoms with Crippen molar-refractivity contribution in [2.24, 2.45) is 12.1 Å². The lowest BCUT2D eigenvalue weighted by Gasteiger charge is -2.07. The number of rotatable bonds is 5. The summed E-state index contributed by atoms with van der Waals surface area (Å²) in [5, 5.41) is 6.17. The first-order chi connectivity index (χ1) is 13.6. The summed E-state index contributed by atoms with van der Waals surface area (Å²) in [5.41, 5.74) is 6.45. The summed E-state index contributed by atoms with van der Waals surface area (Å²) in [6.07, 6.45) is 3.38. The van der Waals surface area contributed by atoms with Crippen LogP contribution in [0.1, 0.15) is 11.3 Å². The second kappa shape index (κ2) is 7.52. The zero-order valence-corrected chi connectivity index (χ0v) is 15.7. The second-order valence-corrected chi connectivity index (χ2v) is 6.49. The van der Waals surface area contributed by atoms with Crippen molar-refractivity contribution in [3.63, 3.8) is 0 Å². The molecular weight excluding hydrogens is 352 g/mol. The third kappa shape index (κ3) is 3.32. The van der Waals surface area contributed by atoms with Crippen molar-refractivity contribution >= 4 is 33.9 Å². The van der Waals surface area contributed by atoms with E-state index in [1.807, 2.05) is 56.4 Å². The van der Waals surface area contributed by atoms with Crippen molar-refractivity contribution < 1.29 is 9.53 Å². The van der Waals surface area contributed by atoms with Crippen LogP contribution in [0.3, 0.4) is 0 Å². The van der Waals surface area contributed by atoms with Gasteiger partial charge < -0.3 is 9.30 Å². The van der Waals surface area contributed by atoms with Gasteiger partial charge in [0, 0.05) is 40.8 Å². The van der Waals surface area contributed by atoms with Crippen molar-refractivity contribution in [3.05, 3.63) is 72.1 Å². The predicted octanol–water partition coefficient (Wildman–Crippen LogP) is 3.56. The highest BCUT2D eigenvalue weighted by atomic mass is 16.5. The van der Waals surface area contributed by atoms with Gasteiger partial charge in [0.15, 0.2) is 6.61 Å². The van der Waals surface area contributed by atoms with E-state index in [1.54, 1.807) is 18.5 Å². The lowest BCUT2D eigenvalue weighted by Crippen LogP contribution is -2.24. The van der Waals surface area contributed by atoms with Crippen molar-refractivity contribution in [1.29, 1.82) is 0 Å². The number of amides is 1. The Morgan fingerprint density at radius 3 is 2.89 bits per heavy atom. The molecule has 0 spiro atoms. The van der Waals surface area contributed by atoms with Gasteiger partial charge in [-0.2, -0.15) is 5.10 Å². The molecule has 0 radical (unpaired) electrons. The normalized spacial score (nSPS) is 11.4. The van der Waals surface area contributed by atoms with Gasteiger partial charge in [-0.25, -0.2) is 5.43 Å². The minimum atomic E-state index is -0.331. The molecule has 28 heavy (non-hydrogen) atoms. The first-order valence-electron chi connectivity index (χ1n) is 8.97. The van der Waals surface area contributed by atoms with Crippen LogP contribution in [0.2, 0.25) is 0 Å². The Hall–Kier alpha value is -3.67. The fourth-order valence-electron chi connectivity index (χ4n) is 3.25. The number of ether oxygens (including phenoxy) is 1. The third-order valence-electron chi connectivity index (χ3n) is 4.79. The number of aryl methyl sites for hydroxylation is 1. The van der Waals surface area contributed by atoms with Gasteiger partial charge in [0.2, 0.25) is 0 Å². The lowest BCUT2D eigenvalue weighted by molar-refractivity contribution is -0.123. The van der Waals surface area contributed by atoms with E-state index in [2.05, 4.69) is 26.1 Å². The maximum absolute atomic E-state index is 12.1. The number of pyridine rings is 1. The summed E-state index contributed by atoms with van der Waals surface area (Å²) in [4.78, 5) is 16.4. The smallest absolute Gasteiger partial charge is 0.277 e. The van der Waals surface area contributed by atoms with Gasteiger partial charge in [-0.1, -0.05) is 36.4 Å². The number of hydrogen-bond donors (Lipinski definition) is 1. The number of benzene rings is 2. The minimum Gasteiger partial charge on any atom is -0.481 e. The number of nitrogens with one attached hydrogen (secondary N) is 1. The Kier molecular flexibility index (Phi) is 4.76. The van der Waals surface area contributed by atoms with Crippen molar-refractivity contribution in [1.82, 2.24) is 15.0 Å². The monoisotopic (exact) mass is 372 g/mol. The van der Waals surface area contributed by atoms with Gasteiger partial charge in [-0.3, -0.25) is 9.78 Å². The van der Waals surface area contributed by atoms with Gasteiger partial charge in [0.05, 0.1) is 6.21 Å². The zero-order valence-electron chi connectivity index (χ0n) is 15.7. The van der Waals surface area contributed by atoms with E-state index < -0.39 is 0 Å². The molecule has 0 bridgehead atoms. The maximum atomic E-state index is 12.1. The van der Waals surface area contributed by atoms with Gasteiger partial charge in [0.25, 0.3) is 5.91 Å². The first-order valence-corrected chi connectivity index (χ1v) is 8.97. The second-order valence-electron chi connectivity index (χ2n) is 6.49. The molecule has 6 heteroatoms. The molecule has 0 saturated heterocycles. The molecule has 2 heterocycles. The Morgan fingerprint density at radius 2 is 2.00 bits per heavy atom. The third-order valence-corrected chi connectivity index (χ3v) is 4.79. The van der Waals surface area contributed by atoms with Gasteiger partial charge >= 0.3 is 0 Å². The highest BCUT2D eigenvalue weighted by Crippen LogP contribution is 2.23. The van der Waals surface area contributed by atoms with E-state index in [0.29, 0.717) is 5.75 Å². The molecule has 0 saturated carbocycles. The highest BCUT2D eigenvalue weighted by molar-refractivity contribution is 6.01. The Bertz CT molecular complexity index is 1190. The summed E-state index contributed by atoms with van der Waals surface area (Å²) in [5.74, 6) is 0.240. The Morgan fingerprint density at radius 1 is 1.18 bits per heavy atom. The molecule has 0 fully saturated rings. The van der Waals surface area contributed by atoms with Crippen LogP contribution in [-0.2, 0) is 11.8 Å². The molecule has 140 valence electrons. The molecule has 6 nitrogen and oxygen atoms in total. The van der Waals surface area contributed by atoms with Crippen molar-refractivity contribution in [2.75, 3.05) is 6.61 Å². The number of carbonyl (C=O) groups excluding carboxylic acids is 1. The number of fused-ring (bicyclic) bond motifs is 2. The average molecular weight is 372 g/mol. The van der Waals surface area contributed by atoms with Crippen LogP contribution >= 0.6 is 0 Å². The van der Waals surface area contributed by atoms with Crippen molar-refractivity contribution in [3.8, 4) is 5.75 Å². The molecular formula is C22H20N4O2. The van der Waals surface area contributed by atoms with E-state index >= 15 is 0 Å². The first kappa shape index (κ1) is 17.7. The zero-order chi connectivity index (χ0) is 19.5. The molecule has 4 rings (SSSR count). The van der Waals surface area contributed by atoms with E-state index in [0.717, 1.165) is 33.1 Å². The number of hydrogen-bond acceptors (Lipinski definition) is 4. The molecule has 0 unspecified atom stereocenters. The number of para-hydroxylation sites is 2. The summed E-state index contributed by atoms with van der Waals surface area (Å²) in [6.45, 7) is 1.89. The number of carbonyl (C=O) groups is 1. The van der Waals surface area contributed by atoms with Crippen LogP contribution in [0.5, 0.6) is 5.75 Å². The fraction of sp³-hybridized carbons (Fsp3) is 0.136. The molecule has 0 atom stereocenters. The summed E-state index contributed by atoms with van der Waals surface area (Å²) in [7, 11) is 2.01. The molecule has 1 amide bonds. The van der Waals surface area contributed by atoms with E-state index in [9.17, 15) is 4.79 Å². The van der Waals surface area contributed by atoms with Crippen LogP contribution in [0.25, 0.3) is 21.8 Å². The van der Waals surface area contributed by atoms with Crippen LogP contribution in [0.4, 0.5) is 0 Å². The van der Waals surface area contributed by atoms with Gasteiger partial charge in [-0.15, -0.1) is 0 Å². The largest absolute Gasteiger partial charge is 0.481 e. The number of nitrogens with zero attached hydrogens (tertiary/aromatic N) is 3. The fourth-order valence-corrected chi connectivity index (χ4v) is 3.25. The van der Waals surface area contributed by atoms with Gasteiger partial charge in [-0.05, 0) is 25.1 Å². The SMILES string of the molecule is Cc1c(/C=N/NC(=O)COc2cccc3cccnc23)c2ccccc2n1C. The van der Waals surface area contributed by atoms with E-state index in [1.165, 1.54) is 0 Å². The molecule has 0 aliphatic rings. The van der Waals surface area contributed by atoms with Crippen LogP contribution < -0.4 is 10.2 Å². The van der Waals surface area contributed by atoms with Crippen LogP contribution in [0, 0.1) is 6.92 Å². The van der Waals surface area contributed by atoms with Gasteiger partial charge in [0.1, 0.15) is 11.3 Å². The number of aromatic nitrogens is 2. The summed E-state index contributed by atoms with van der Waals surface area (Å²) >= 11 is 0. The molecule has 0 aliphatic heterocycles. The molecule has 4 aromatic rings. The Balaban J connectivity index is 1.43. The van der Waals surface area contributed by atoms with Crippen molar-refractivity contribution in [2.45, 2.75) is 6.92 Å². The molecule has 2 aromatic heterocycles. The highest BCUT2D eigenvalue weighted by Gasteiger charge is 2.10. The van der Waals surface area contributed by atoms with E-state index in [-0.39, 0.29) is 12.5 Å². The van der Waals surface area contributed by atoms with Crippen LogP contribution in [0.15, 0.2) is 65.9 Å². The summed E-state index contributed by atoms with van der Waals surface area (Å²) < 4.78 is 7.74. The van der Waals surface area contributed by atoms with Crippen LogP contribution in [-0.4, -0.2) is 28.3 Å². The minimum absolute atomic E-state index is 0.137. The summed E-state index contributed by atoms with van der Waals surface area (Å²) in [6, 6.07) is 17.5. The Labute approximate surface area is 162 Å². The molecule has 2 aromatic carbocycles. The maximum Gasteiger partial charge on any atom is 0.277 e.